The molecule has 1 heterocycles. The van der Waals surface area contributed by atoms with E-state index in [-0.39, 0.29) is 54.0 Å². The zero-order valence-electron chi connectivity index (χ0n) is 25.1. The highest BCUT2D eigenvalue weighted by atomic mass is 16.3. The Bertz CT molecular complexity index is 1350. The molecular formula is C33H42N4O6. The van der Waals surface area contributed by atoms with Crippen molar-refractivity contribution in [1.82, 2.24) is 16.0 Å². The Balaban J connectivity index is 1.54. The van der Waals surface area contributed by atoms with Gasteiger partial charge in [0, 0.05) is 31.0 Å². The van der Waals surface area contributed by atoms with Crippen molar-refractivity contribution in [2.45, 2.75) is 77.8 Å². The summed E-state index contributed by atoms with van der Waals surface area (Å²) in [5.41, 5.74) is 1.10. The van der Waals surface area contributed by atoms with Crippen LogP contribution in [0.25, 0.3) is 0 Å². The molecule has 4 amide bonds. The van der Waals surface area contributed by atoms with Crippen molar-refractivity contribution in [3.05, 3.63) is 59.7 Å². The Labute approximate surface area is 252 Å². The molecular weight excluding hydrogens is 548 g/mol. The second-order valence-electron chi connectivity index (χ2n) is 12.9. The molecule has 43 heavy (non-hydrogen) atoms. The quantitative estimate of drug-likeness (QED) is 0.178. The Morgan fingerprint density at radius 2 is 1.70 bits per heavy atom. The van der Waals surface area contributed by atoms with Crippen LogP contribution in [0.2, 0.25) is 0 Å². The number of hydrogen-bond donors (Lipinski definition) is 5. The van der Waals surface area contributed by atoms with Gasteiger partial charge in [0.15, 0.2) is 0 Å². The largest absolute Gasteiger partial charge is 0.505 e. The first-order valence-electron chi connectivity index (χ1n) is 15.0. The molecule has 1 saturated carbocycles. The molecule has 230 valence electrons. The average molecular weight is 591 g/mol. The van der Waals surface area contributed by atoms with Crippen molar-refractivity contribution in [3.8, 4) is 5.75 Å². The van der Waals surface area contributed by atoms with E-state index in [1.165, 1.54) is 0 Å². The van der Waals surface area contributed by atoms with Gasteiger partial charge in [0.1, 0.15) is 5.75 Å². The van der Waals surface area contributed by atoms with Crippen LogP contribution in [0.4, 0.5) is 5.69 Å². The van der Waals surface area contributed by atoms with Gasteiger partial charge in [0.05, 0.1) is 17.6 Å². The fourth-order valence-electron chi connectivity index (χ4n) is 5.36. The number of amides is 4. The van der Waals surface area contributed by atoms with E-state index >= 15 is 0 Å². The van der Waals surface area contributed by atoms with E-state index in [4.69, 9.17) is 0 Å². The lowest BCUT2D eigenvalue weighted by atomic mass is 9.89. The molecule has 4 rings (SSSR count). The number of Topliss-reactive ketones (excluding diaryl/α,β-unsaturated/α-hetero) is 1. The summed E-state index contributed by atoms with van der Waals surface area (Å²) in [4.78, 5) is 65.1. The molecule has 1 saturated heterocycles. The molecule has 0 bridgehead atoms. The lowest BCUT2D eigenvalue weighted by molar-refractivity contribution is -0.141. The van der Waals surface area contributed by atoms with Crippen LogP contribution < -0.4 is 21.3 Å². The monoisotopic (exact) mass is 590 g/mol. The fourth-order valence-corrected chi connectivity index (χ4v) is 5.36. The number of carbonyl (C=O) groups is 5. The lowest BCUT2D eigenvalue weighted by Gasteiger charge is -2.24. The van der Waals surface area contributed by atoms with Crippen molar-refractivity contribution >= 4 is 35.1 Å². The molecule has 2 aromatic rings. The van der Waals surface area contributed by atoms with Gasteiger partial charge in [0.2, 0.25) is 23.5 Å². The maximum absolute atomic E-state index is 13.9. The second kappa shape index (κ2) is 13.8. The van der Waals surface area contributed by atoms with Crippen LogP contribution >= 0.6 is 0 Å². The van der Waals surface area contributed by atoms with Gasteiger partial charge in [0.25, 0.3) is 5.91 Å². The first-order valence-corrected chi connectivity index (χ1v) is 15.0. The number of nitrogens with one attached hydrogen (secondary N) is 4. The predicted molar refractivity (Wildman–Crippen MR) is 162 cm³/mol. The smallest absolute Gasteiger partial charge is 0.289 e. The van der Waals surface area contributed by atoms with E-state index in [0.29, 0.717) is 24.9 Å². The van der Waals surface area contributed by atoms with Gasteiger partial charge < -0.3 is 26.4 Å². The van der Waals surface area contributed by atoms with Gasteiger partial charge in [-0.2, -0.15) is 0 Å². The van der Waals surface area contributed by atoms with Crippen molar-refractivity contribution in [3.63, 3.8) is 0 Å². The summed E-state index contributed by atoms with van der Waals surface area (Å²) >= 11 is 0. The first-order chi connectivity index (χ1) is 20.4. The molecule has 5 N–H and O–H groups in total. The number of anilines is 1. The van der Waals surface area contributed by atoms with Crippen LogP contribution in [-0.2, 0) is 30.5 Å². The molecule has 1 unspecified atom stereocenters. The van der Waals surface area contributed by atoms with E-state index < -0.39 is 35.5 Å². The number of phenolic OH excluding ortho intramolecular Hbond substituents is 1. The number of carbonyl (C=O) groups excluding carboxylic acids is 5. The lowest BCUT2D eigenvalue weighted by Crippen LogP contribution is -2.49. The Kier molecular flexibility index (Phi) is 10.2. The minimum absolute atomic E-state index is 0.0137. The van der Waals surface area contributed by atoms with Crippen molar-refractivity contribution in [2.24, 2.45) is 17.3 Å². The molecule has 3 atom stereocenters. The van der Waals surface area contributed by atoms with E-state index in [9.17, 15) is 29.1 Å². The van der Waals surface area contributed by atoms with Gasteiger partial charge in [-0.05, 0) is 42.2 Å². The Hall–Kier alpha value is -4.21. The minimum atomic E-state index is -1.23. The second-order valence-corrected chi connectivity index (χ2v) is 12.9. The van der Waals surface area contributed by atoms with E-state index in [1.54, 1.807) is 18.2 Å². The van der Waals surface area contributed by atoms with Crippen LogP contribution in [0.5, 0.6) is 5.75 Å². The van der Waals surface area contributed by atoms with Crippen molar-refractivity contribution in [1.29, 1.82) is 0 Å². The molecule has 0 radical (unpaired) electrons. The van der Waals surface area contributed by atoms with Crippen LogP contribution in [0, 0.1) is 17.3 Å². The zero-order chi connectivity index (χ0) is 31.1. The molecule has 0 spiro atoms. The molecule has 0 aromatic heterocycles. The van der Waals surface area contributed by atoms with Gasteiger partial charge in [-0.25, -0.2) is 0 Å². The van der Waals surface area contributed by atoms with Crippen molar-refractivity contribution < 1.29 is 29.1 Å². The Morgan fingerprint density at radius 3 is 2.33 bits per heavy atom. The number of benzene rings is 2. The number of para-hydroxylation sites is 1. The summed E-state index contributed by atoms with van der Waals surface area (Å²) in [7, 11) is 0. The first kappa shape index (κ1) is 31.7. The van der Waals surface area contributed by atoms with Crippen LogP contribution in [0.3, 0.4) is 0 Å². The topological polar surface area (TPSA) is 154 Å². The standard InChI is InChI=1S/C33H42N4O6/c1-33(2,3)18-27(38)36-25-11-7-10-23(28(25)39)24(16-20-12-13-20)31(42)37-26(17-22-14-15-34-30(22)41)29(40)32(43)35-19-21-8-5-4-6-9-21/h4-11,20,22,24,26,39H,12-19H2,1-3H3,(H,34,41)(H,35,43)(H,36,38)(H,37,42)/t22?,24-,26+/m1/s1. The van der Waals surface area contributed by atoms with E-state index in [2.05, 4.69) is 21.3 Å². The summed E-state index contributed by atoms with van der Waals surface area (Å²) in [5, 5.41) is 22.1. The van der Waals surface area contributed by atoms with Crippen LogP contribution in [0.1, 0.15) is 76.3 Å². The normalized spacial score (nSPS) is 17.8. The van der Waals surface area contributed by atoms with Gasteiger partial charge in [-0.15, -0.1) is 0 Å². The molecule has 2 aromatic carbocycles. The summed E-state index contributed by atoms with van der Waals surface area (Å²) in [6, 6.07) is 12.8. The molecule has 1 aliphatic carbocycles. The minimum Gasteiger partial charge on any atom is -0.505 e. The van der Waals surface area contributed by atoms with E-state index in [1.807, 2.05) is 51.1 Å². The summed E-state index contributed by atoms with van der Waals surface area (Å²) in [6.45, 7) is 6.42. The summed E-state index contributed by atoms with van der Waals surface area (Å²) in [6.07, 6.45) is 3.04. The fraction of sp³-hybridized carbons (Fsp3) is 0.485. The SMILES string of the molecule is CC(C)(C)CC(=O)Nc1cccc([C@@H](CC2CC2)C(=O)N[C@@H](CC2CCNC2=O)C(=O)C(=O)NCc2ccccc2)c1O. The molecule has 2 aliphatic rings. The maximum atomic E-state index is 13.9. The maximum Gasteiger partial charge on any atom is 0.289 e. The average Bonchev–Trinajstić information content (AvgIpc) is 3.69. The predicted octanol–water partition coefficient (Wildman–Crippen LogP) is 3.55. The molecule has 10 nitrogen and oxygen atoms in total. The third-order valence-electron chi connectivity index (χ3n) is 7.83. The number of ketones is 1. The van der Waals surface area contributed by atoms with Crippen LogP contribution in [-0.4, -0.2) is 47.1 Å². The third kappa shape index (κ3) is 9.14. The Morgan fingerprint density at radius 1 is 0.977 bits per heavy atom. The highest BCUT2D eigenvalue weighted by Crippen LogP contribution is 2.42. The van der Waals surface area contributed by atoms with E-state index in [0.717, 1.165) is 18.4 Å². The molecule has 2 fully saturated rings. The molecule has 1 aliphatic heterocycles. The molecule has 10 heteroatoms. The number of rotatable bonds is 13. The van der Waals surface area contributed by atoms with Crippen molar-refractivity contribution in [2.75, 3.05) is 11.9 Å². The van der Waals surface area contributed by atoms with Crippen LogP contribution in [0.15, 0.2) is 48.5 Å². The summed E-state index contributed by atoms with van der Waals surface area (Å²) < 4.78 is 0. The van der Waals surface area contributed by atoms with Gasteiger partial charge >= 0.3 is 0 Å². The van der Waals surface area contributed by atoms with Gasteiger partial charge in [-0.3, -0.25) is 24.0 Å². The highest BCUT2D eigenvalue weighted by Gasteiger charge is 2.38. The summed E-state index contributed by atoms with van der Waals surface area (Å²) in [5.74, 6) is -3.96. The highest BCUT2D eigenvalue weighted by molar-refractivity contribution is 6.38. The zero-order valence-corrected chi connectivity index (χ0v) is 25.1. The number of hydrogen-bond acceptors (Lipinski definition) is 6. The third-order valence-corrected chi connectivity index (χ3v) is 7.83. The number of aromatic hydroxyl groups is 1. The van der Waals surface area contributed by atoms with Gasteiger partial charge in [-0.1, -0.05) is 76.1 Å². The number of phenols is 1.